The van der Waals surface area contributed by atoms with E-state index in [-0.39, 0.29) is 35.3 Å². The summed E-state index contributed by atoms with van der Waals surface area (Å²) in [6.45, 7) is -0.362. The first-order valence-electron chi connectivity index (χ1n) is 7.30. The third-order valence-electron chi connectivity index (χ3n) is 3.59. The molecule has 2 N–H and O–H groups in total. The number of halogens is 1. The molecule has 0 atom stereocenters. The number of carbonyl (C=O) groups excluding carboxylic acids is 2. The zero-order chi connectivity index (χ0) is 18.0. The predicted molar refractivity (Wildman–Crippen MR) is 91.3 cm³/mol. The molecule has 0 radical (unpaired) electrons. The molecule has 0 saturated heterocycles. The van der Waals surface area contributed by atoms with Crippen LogP contribution in [0.25, 0.3) is 0 Å². The van der Waals surface area contributed by atoms with Crippen molar-refractivity contribution in [2.45, 2.75) is 0 Å². The highest BCUT2D eigenvalue weighted by molar-refractivity contribution is 6.33. The fourth-order valence-electron chi connectivity index (χ4n) is 2.44. The number of benzene rings is 2. The summed E-state index contributed by atoms with van der Waals surface area (Å²) in [4.78, 5) is 36.7. The fourth-order valence-corrected chi connectivity index (χ4v) is 2.64. The van der Waals surface area contributed by atoms with Crippen LogP contribution in [0.2, 0.25) is 5.02 Å². The standard InChI is InChI=1S/C17H13ClN2O5/c18-12-6-5-10(7-11(12)17(23)24)19-15(21)8-20-13-3-1-2-4-14(13)25-9-16(20)22/h1-7H,8-9H2,(H,19,21)(H,23,24). The van der Waals surface area contributed by atoms with E-state index in [1.165, 1.54) is 23.1 Å². The number of hydrogen-bond acceptors (Lipinski definition) is 4. The lowest BCUT2D eigenvalue weighted by atomic mass is 10.2. The van der Waals surface area contributed by atoms with Crippen molar-refractivity contribution in [3.8, 4) is 5.75 Å². The molecular weight excluding hydrogens is 348 g/mol. The highest BCUT2D eigenvalue weighted by Crippen LogP contribution is 2.31. The van der Waals surface area contributed by atoms with Gasteiger partial charge in [-0.15, -0.1) is 0 Å². The van der Waals surface area contributed by atoms with Crippen LogP contribution in [0.3, 0.4) is 0 Å². The Hall–Kier alpha value is -3.06. The largest absolute Gasteiger partial charge is 0.482 e. The number of ether oxygens (including phenoxy) is 1. The van der Waals surface area contributed by atoms with E-state index in [2.05, 4.69) is 5.32 Å². The van der Waals surface area contributed by atoms with E-state index in [1.54, 1.807) is 24.3 Å². The van der Waals surface area contributed by atoms with Crippen LogP contribution in [-0.2, 0) is 9.59 Å². The maximum absolute atomic E-state index is 12.3. The van der Waals surface area contributed by atoms with Crippen LogP contribution in [0.4, 0.5) is 11.4 Å². The molecule has 0 unspecified atom stereocenters. The molecule has 2 amide bonds. The maximum atomic E-state index is 12.3. The zero-order valence-electron chi connectivity index (χ0n) is 12.9. The highest BCUT2D eigenvalue weighted by atomic mass is 35.5. The Morgan fingerprint density at radius 1 is 1.24 bits per heavy atom. The van der Waals surface area contributed by atoms with Gasteiger partial charge in [-0.1, -0.05) is 23.7 Å². The van der Waals surface area contributed by atoms with Crippen molar-refractivity contribution >= 4 is 40.8 Å². The molecule has 1 aliphatic heterocycles. The smallest absolute Gasteiger partial charge is 0.337 e. The Morgan fingerprint density at radius 3 is 2.76 bits per heavy atom. The monoisotopic (exact) mass is 360 g/mol. The van der Waals surface area contributed by atoms with Crippen LogP contribution < -0.4 is 15.0 Å². The first-order valence-corrected chi connectivity index (χ1v) is 7.68. The molecule has 128 valence electrons. The van der Waals surface area contributed by atoms with E-state index in [0.29, 0.717) is 11.4 Å². The molecule has 8 heteroatoms. The van der Waals surface area contributed by atoms with Gasteiger partial charge in [0.15, 0.2) is 6.61 Å². The molecule has 25 heavy (non-hydrogen) atoms. The van der Waals surface area contributed by atoms with Crippen LogP contribution in [0.5, 0.6) is 5.75 Å². The number of anilines is 2. The molecule has 0 saturated carbocycles. The third-order valence-corrected chi connectivity index (χ3v) is 3.92. The molecule has 2 aromatic carbocycles. The Labute approximate surface area is 147 Å². The second-order valence-corrected chi connectivity index (χ2v) is 5.69. The highest BCUT2D eigenvalue weighted by Gasteiger charge is 2.27. The van der Waals surface area contributed by atoms with Gasteiger partial charge < -0.3 is 15.2 Å². The van der Waals surface area contributed by atoms with Gasteiger partial charge in [0.05, 0.1) is 16.3 Å². The third kappa shape index (κ3) is 3.56. The number of carboxylic acid groups (broad SMARTS) is 1. The summed E-state index contributed by atoms with van der Waals surface area (Å²) in [7, 11) is 0. The number of rotatable bonds is 4. The number of nitrogens with one attached hydrogen (secondary N) is 1. The first kappa shape index (κ1) is 16.8. The van der Waals surface area contributed by atoms with E-state index in [9.17, 15) is 14.4 Å². The minimum absolute atomic E-state index is 0.0720. The summed E-state index contributed by atoms with van der Waals surface area (Å²) in [5.74, 6) is -1.48. The number of amides is 2. The zero-order valence-corrected chi connectivity index (χ0v) is 13.6. The van der Waals surface area contributed by atoms with Gasteiger partial charge in [-0.05, 0) is 30.3 Å². The average Bonchev–Trinajstić information content (AvgIpc) is 2.59. The number of aromatic carboxylic acids is 1. The Balaban J connectivity index is 1.76. The molecule has 0 fully saturated rings. The summed E-state index contributed by atoms with van der Waals surface area (Å²) in [6.07, 6.45) is 0. The molecule has 7 nitrogen and oxygen atoms in total. The van der Waals surface area contributed by atoms with Crippen molar-refractivity contribution in [3.63, 3.8) is 0 Å². The minimum atomic E-state index is -1.20. The lowest BCUT2D eigenvalue weighted by Crippen LogP contribution is -2.43. The van der Waals surface area contributed by atoms with E-state index in [4.69, 9.17) is 21.4 Å². The Bertz CT molecular complexity index is 868. The normalized spacial score (nSPS) is 13.0. The molecule has 1 aliphatic rings. The van der Waals surface area contributed by atoms with E-state index in [0.717, 1.165) is 0 Å². The topological polar surface area (TPSA) is 95.9 Å². The number of hydrogen-bond donors (Lipinski definition) is 2. The summed E-state index contributed by atoms with van der Waals surface area (Å²) in [5.41, 5.74) is 0.671. The van der Waals surface area contributed by atoms with Crippen molar-refractivity contribution in [2.24, 2.45) is 0 Å². The summed E-state index contributed by atoms with van der Waals surface area (Å²) in [5, 5.41) is 11.7. The van der Waals surface area contributed by atoms with Crippen molar-refractivity contribution in [2.75, 3.05) is 23.4 Å². The van der Waals surface area contributed by atoms with Gasteiger partial charge in [-0.25, -0.2) is 4.79 Å². The van der Waals surface area contributed by atoms with Crippen molar-refractivity contribution in [1.82, 2.24) is 0 Å². The lowest BCUT2D eigenvalue weighted by Gasteiger charge is -2.28. The van der Waals surface area contributed by atoms with Gasteiger partial charge in [-0.3, -0.25) is 14.5 Å². The van der Waals surface area contributed by atoms with Crippen LogP contribution >= 0.6 is 11.6 Å². The van der Waals surface area contributed by atoms with Crippen LogP contribution in [-0.4, -0.2) is 36.0 Å². The van der Waals surface area contributed by atoms with Gasteiger partial charge in [-0.2, -0.15) is 0 Å². The average molecular weight is 361 g/mol. The second-order valence-electron chi connectivity index (χ2n) is 5.28. The Morgan fingerprint density at radius 2 is 2.00 bits per heavy atom. The molecular formula is C17H13ClN2O5. The molecule has 0 aromatic heterocycles. The van der Waals surface area contributed by atoms with E-state index in [1.807, 2.05) is 0 Å². The Kier molecular flexibility index (Phi) is 4.58. The fraction of sp³-hybridized carbons (Fsp3) is 0.118. The number of para-hydroxylation sites is 2. The van der Waals surface area contributed by atoms with Gasteiger partial charge >= 0.3 is 5.97 Å². The van der Waals surface area contributed by atoms with E-state index >= 15 is 0 Å². The molecule has 0 aliphatic carbocycles. The first-order chi connectivity index (χ1) is 12.0. The summed E-state index contributed by atoms with van der Waals surface area (Å²) < 4.78 is 5.32. The van der Waals surface area contributed by atoms with Gasteiger partial charge in [0.25, 0.3) is 5.91 Å². The summed E-state index contributed by atoms with van der Waals surface area (Å²) in [6, 6.07) is 11.0. The van der Waals surface area contributed by atoms with Gasteiger partial charge in [0.1, 0.15) is 12.3 Å². The molecule has 3 rings (SSSR count). The molecule has 0 spiro atoms. The lowest BCUT2D eigenvalue weighted by molar-refractivity contribution is -0.123. The van der Waals surface area contributed by atoms with Gasteiger partial charge in [0, 0.05) is 5.69 Å². The maximum Gasteiger partial charge on any atom is 0.337 e. The minimum Gasteiger partial charge on any atom is -0.482 e. The van der Waals surface area contributed by atoms with Gasteiger partial charge in [0.2, 0.25) is 5.91 Å². The van der Waals surface area contributed by atoms with Crippen molar-refractivity contribution in [1.29, 1.82) is 0 Å². The molecule has 2 aromatic rings. The predicted octanol–water partition coefficient (Wildman–Crippen LogP) is 2.40. The van der Waals surface area contributed by atoms with Crippen molar-refractivity contribution < 1.29 is 24.2 Å². The number of nitrogens with zero attached hydrogens (tertiary/aromatic N) is 1. The van der Waals surface area contributed by atoms with Crippen molar-refractivity contribution in [3.05, 3.63) is 53.1 Å². The number of fused-ring (bicyclic) bond motifs is 1. The molecule has 0 bridgehead atoms. The molecule has 1 heterocycles. The van der Waals surface area contributed by atoms with Crippen LogP contribution in [0.15, 0.2) is 42.5 Å². The van der Waals surface area contributed by atoms with E-state index < -0.39 is 11.9 Å². The quantitative estimate of drug-likeness (QED) is 0.872. The summed E-state index contributed by atoms with van der Waals surface area (Å²) >= 11 is 5.80. The number of carbonyl (C=O) groups is 3. The second kappa shape index (κ2) is 6.82. The SMILES string of the molecule is O=C(CN1C(=O)COc2ccccc21)Nc1ccc(Cl)c(C(=O)O)c1. The number of carboxylic acids is 1. The van der Waals surface area contributed by atoms with Crippen LogP contribution in [0, 0.1) is 0 Å². The van der Waals surface area contributed by atoms with Crippen LogP contribution in [0.1, 0.15) is 10.4 Å².